The van der Waals surface area contributed by atoms with E-state index in [1.165, 1.54) is 76.5 Å². The number of fused-ring (bicyclic) bond motifs is 9. The summed E-state index contributed by atoms with van der Waals surface area (Å²) in [6.07, 6.45) is 0. The lowest BCUT2D eigenvalue weighted by Crippen LogP contribution is -2.11. The van der Waals surface area contributed by atoms with Gasteiger partial charge in [-0.15, -0.1) is 0 Å². The molecule has 0 aliphatic rings. The monoisotopic (exact) mass is 813 g/mol. The summed E-state index contributed by atoms with van der Waals surface area (Å²) < 4.78 is 6.88. The fourth-order valence-corrected chi connectivity index (χ4v) is 10.2. The van der Waals surface area contributed by atoms with Crippen molar-refractivity contribution in [3.8, 4) is 33.4 Å². The topological polar surface area (TPSA) is 16.4 Å². The van der Waals surface area contributed by atoms with Gasteiger partial charge in [0.2, 0.25) is 0 Å². The Balaban J connectivity index is 0.994. The Labute approximate surface area is 370 Å². The van der Waals surface area contributed by atoms with Crippen LogP contribution >= 0.6 is 0 Å². The molecule has 64 heavy (non-hydrogen) atoms. The highest BCUT2D eigenvalue weighted by atomic mass is 16.3. The summed E-state index contributed by atoms with van der Waals surface area (Å²) in [7, 11) is 0. The molecule has 0 spiro atoms. The Hall–Kier alpha value is -8.46. The Morgan fingerprint density at radius 3 is 1.52 bits per heavy atom. The molecule has 0 fully saturated rings. The van der Waals surface area contributed by atoms with Crippen LogP contribution in [0.5, 0.6) is 0 Å². The second-order valence-electron chi connectivity index (χ2n) is 16.8. The van der Waals surface area contributed by atoms with Crippen LogP contribution in [-0.4, -0.2) is 0 Å². The number of rotatable bonds is 6. The highest BCUT2D eigenvalue weighted by Crippen LogP contribution is 2.48. The third kappa shape index (κ3) is 5.81. The van der Waals surface area contributed by atoms with Crippen molar-refractivity contribution in [1.29, 1.82) is 0 Å². The molecule has 0 unspecified atom stereocenters. The van der Waals surface area contributed by atoms with E-state index in [1.807, 2.05) is 0 Å². The van der Waals surface area contributed by atoms with Gasteiger partial charge in [0.05, 0.1) is 5.69 Å². The maximum Gasteiger partial charge on any atom is 0.160 e. The molecule has 0 aliphatic heterocycles. The molecule has 1 aromatic heterocycles. The number of nitrogens with zero attached hydrogens (tertiary/aromatic N) is 1. The number of hydrogen-bond donors (Lipinski definition) is 0. The second-order valence-corrected chi connectivity index (χ2v) is 16.8. The van der Waals surface area contributed by atoms with Crippen molar-refractivity contribution >= 4 is 92.9 Å². The van der Waals surface area contributed by atoms with Gasteiger partial charge in [-0.25, -0.2) is 0 Å². The largest absolute Gasteiger partial charge is 0.454 e. The molecular weight excluding hydrogens is 775 g/mol. The third-order valence-corrected chi connectivity index (χ3v) is 13.2. The minimum absolute atomic E-state index is 0.866. The number of hydrogen-bond acceptors (Lipinski definition) is 2. The van der Waals surface area contributed by atoms with Crippen LogP contribution in [0.25, 0.3) is 109 Å². The molecule has 12 aromatic carbocycles. The third-order valence-electron chi connectivity index (χ3n) is 13.2. The molecule has 0 N–H and O–H groups in total. The van der Waals surface area contributed by atoms with Crippen LogP contribution in [0.2, 0.25) is 0 Å². The number of furan rings is 1. The summed E-state index contributed by atoms with van der Waals surface area (Å²) in [5.74, 6) is 0. The molecule has 0 saturated carbocycles. The smallest absolute Gasteiger partial charge is 0.160 e. The van der Waals surface area contributed by atoms with Crippen molar-refractivity contribution in [1.82, 2.24) is 0 Å². The Bertz CT molecular complexity index is 3960. The standard InChI is InChI=1S/C62H39NO/c1-2-14-40(15-3-1)50-34-35-51(55-22-9-8-21-54(50)55)41-28-31-47(32-29-41)63(61-52-19-7-5-17-45(52)39-59-57-24-12-13-25-60(57)64-62(59)61)48-33-30-42-36-46(27-26-43(42)37-48)58-38-44-16-4-6-18-49(44)53-20-10-11-23-56(53)58/h1-39H. The summed E-state index contributed by atoms with van der Waals surface area (Å²) in [5.41, 5.74) is 12.1. The molecule has 2 heteroatoms. The van der Waals surface area contributed by atoms with Gasteiger partial charge in [-0.1, -0.05) is 188 Å². The minimum atomic E-state index is 0.866. The average molecular weight is 814 g/mol. The van der Waals surface area contributed by atoms with E-state index < -0.39 is 0 Å². The van der Waals surface area contributed by atoms with Gasteiger partial charge >= 0.3 is 0 Å². The zero-order valence-corrected chi connectivity index (χ0v) is 34.9. The predicted octanol–water partition coefficient (Wildman–Crippen LogP) is 17.8. The van der Waals surface area contributed by atoms with Crippen molar-refractivity contribution in [2.45, 2.75) is 0 Å². The molecule has 0 aliphatic carbocycles. The first-order chi connectivity index (χ1) is 31.7. The van der Waals surface area contributed by atoms with Crippen molar-refractivity contribution < 1.29 is 4.42 Å². The SMILES string of the molecule is c1ccc(-c2ccc(-c3ccc(N(c4ccc5cc(-c6cc7ccccc7c7ccccc67)ccc5c4)c4c5ccccc5cc5c4oc4ccccc45)cc3)c3ccccc23)cc1. The first kappa shape index (κ1) is 36.2. The van der Waals surface area contributed by atoms with Crippen LogP contribution < -0.4 is 4.90 Å². The zero-order chi connectivity index (χ0) is 42.1. The number of benzene rings is 12. The zero-order valence-electron chi connectivity index (χ0n) is 34.9. The van der Waals surface area contributed by atoms with Crippen molar-refractivity contribution in [2.24, 2.45) is 0 Å². The molecule has 298 valence electrons. The first-order valence-corrected chi connectivity index (χ1v) is 22.0. The van der Waals surface area contributed by atoms with Crippen molar-refractivity contribution in [3.05, 3.63) is 237 Å². The predicted molar refractivity (Wildman–Crippen MR) is 272 cm³/mol. The van der Waals surface area contributed by atoms with Gasteiger partial charge in [0, 0.05) is 27.5 Å². The molecule has 1 heterocycles. The average Bonchev–Trinajstić information content (AvgIpc) is 3.74. The van der Waals surface area contributed by atoms with Crippen LogP contribution in [0.3, 0.4) is 0 Å². The van der Waals surface area contributed by atoms with Gasteiger partial charge in [-0.2, -0.15) is 0 Å². The number of anilines is 3. The molecule has 0 saturated heterocycles. The Kier molecular flexibility index (Phi) is 8.25. The van der Waals surface area contributed by atoms with Crippen LogP contribution in [-0.2, 0) is 0 Å². The molecule has 0 amide bonds. The lowest BCUT2D eigenvalue weighted by Gasteiger charge is -2.27. The molecule has 0 bridgehead atoms. The number of para-hydroxylation sites is 1. The van der Waals surface area contributed by atoms with E-state index >= 15 is 0 Å². The van der Waals surface area contributed by atoms with E-state index in [0.717, 1.165) is 49.8 Å². The minimum Gasteiger partial charge on any atom is -0.454 e. The highest BCUT2D eigenvalue weighted by molar-refractivity contribution is 6.20. The van der Waals surface area contributed by atoms with Gasteiger partial charge < -0.3 is 9.32 Å². The molecule has 0 atom stereocenters. The maximum absolute atomic E-state index is 6.88. The van der Waals surface area contributed by atoms with E-state index in [4.69, 9.17) is 4.42 Å². The quantitative estimate of drug-likeness (QED) is 0.156. The van der Waals surface area contributed by atoms with E-state index in [2.05, 4.69) is 241 Å². The lowest BCUT2D eigenvalue weighted by molar-refractivity contribution is 0.669. The van der Waals surface area contributed by atoms with E-state index in [9.17, 15) is 0 Å². The van der Waals surface area contributed by atoms with E-state index in [1.54, 1.807) is 0 Å². The van der Waals surface area contributed by atoms with Crippen LogP contribution in [0.15, 0.2) is 241 Å². The summed E-state index contributed by atoms with van der Waals surface area (Å²) in [6, 6.07) is 86.0. The van der Waals surface area contributed by atoms with Gasteiger partial charge in [0.15, 0.2) is 5.58 Å². The Morgan fingerprint density at radius 1 is 0.266 bits per heavy atom. The fraction of sp³-hybridized carbons (Fsp3) is 0. The van der Waals surface area contributed by atoms with Gasteiger partial charge in [0.1, 0.15) is 5.58 Å². The highest BCUT2D eigenvalue weighted by Gasteiger charge is 2.23. The van der Waals surface area contributed by atoms with Gasteiger partial charge in [-0.3, -0.25) is 0 Å². The van der Waals surface area contributed by atoms with Gasteiger partial charge in [-0.05, 0) is 130 Å². The molecule has 2 nitrogen and oxygen atoms in total. The maximum atomic E-state index is 6.88. The molecule has 13 aromatic rings. The van der Waals surface area contributed by atoms with Gasteiger partial charge in [0.25, 0.3) is 0 Å². The van der Waals surface area contributed by atoms with Crippen LogP contribution in [0, 0.1) is 0 Å². The van der Waals surface area contributed by atoms with Crippen molar-refractivity contribution in [2.75, 3.05) is 4.90 Å². The Morgan fingerprint density at radius 2 is 0.781 bits per heavy atom. The molecule has 0 radical (unpaired) electrons. The first-order valence-electron chi connectivity index (χ1n) is 22.0. The lowest BCUT2D eigenvalue weighted by atomic mass is 9.92. The summed E-state index contributed by atoms with van der Waals surface area (Å²) in [5, 5.41) is 14.4. The van der Waals surface area contributed by atoms with Crippen molar-refractivity contribution in [3.63, 3.8) is 0 Å². The van der Waals surface area contributed by atoms with Crippen LogP contribution in [0.4, 0.5) is 17.1 Å². The molecular formula is C62H39NO. The molecule has 13 rings (SSSR count). The van der Waals surface area contributed by atoms with E-state index in [-0.39, 0.29) is 0 Å². The fourth-order valence-electron chi connectivity index (χ4n) is 10.2. The second kappa shape index (κ2) is 14.6. The summed E-state index contributed by atoms with van der Waals surface area (Å²) >= 11 is 0. The normalized spacial score (nSPS) is 11.8. The van der Waals surface area contributed by atoms with Crippen LogP contribution in [0.1, 0.15) is 0 Å². The van der Waals surface area contributed by atoms with E-state index in [0.29, 0.717) is 0 Å². The summed E-state index contributed by atoms with van der Waals surface area (Å²) in [6.45, 7) is 0. The summed E-state index contributed by atoms with van der Waals surface area (Å²) in [4.78, 5) is 2.40.